The van der Waals surface area contributed by atoms with Crippen LogP contribution in [0.5, 0.6) is 0 Å². The molecule has 0 aromatic heterocycles. The van der Waals surface area contributed by atoms with Crippen molar-refractivity contribution in [3.8, 4) is 0 Å². The average Bonchev–Trinajstić information content (AvgIpc) is 2.28. The third-order valence-corrected chi connectivity index (χ3v) is 2.45. The lowest BCUT2D eigenvalue weighted by Gasteiger charge is -2.13. The third-order valence-electron chi connectivity index (χ3n) is 2.45. The van der Waals surface area contributed by atoms with E-state index in [4.69, 9.17) is 0 Å². The second kappa shape index (κ2) is 2.44. The summed E-state index contributed by atoms with van der Waals surface area (Å²) < 4.78 is 0. The molecule has 64 valence electrons. The summed E-state index contributed by atoms with van der Waals surface area (Å²) in [7, 11) is 0. The van der Waals surface area contributed by atoms with Crippen LogP contribution in [0, 0.1) is 5.92 Å². The lowest BCUT2D eigenvalue weighted by atomic mass is 9.99. The van der Waals surface area contributed by atoms with Gasteiger partial charge in [-0.2, -0.15) is 0 Å². The summed E-state index contributed by atoms with van der Waals surface area (Å²) in [5, 5.41) is 2.89. The van der Waals surface area contributed by atoms with Gasteiger partial charge in [0.15, 0.2) is 0 Å². The van der Waals surface area contributed by atoms with E-state index < -0.39 is 0 Å². The molecule has 0 bridgehead atoms. The maximum absolute atomic E-state index is 11.2. The largest absolute Gasteiger partial charge is 0.329 e. The summed E-state index contributed by atoms with van der Waals surface area (Å²) in [6.45, 7) is 3.97. The Morgan fingerprint density at radius 1 is 1.58 bits per heavy atom. The molecule has 2 unspecified atom stereocenters. The van der Waals surface area contributed by atoms with Crippen molar-refractivity contribution in [3.05, 3.63) is 11.3 Å². The topological polar surface area (TPSA) is 41.5 Å². The molecule has 0 aromatic rings. The van der Waals surface area contributed by atoms with Crippen molar-refractivity contribution < 1.29 is 4.79 Å². The van der Waals surface area contributed by atoms with Crippen LogP contribution in [0.2, 0.25) is 0 Å². The Morgan fingerprint density at radius 3 is 3.08 bits per heavy atom. The van der Waals surface area contributed by atoms with E-state index in [9.17, 15) is 4.79 Å². The minimum Gasteiger partial charge on any atom is -0.329 e. The molecule has 0 aromatic carbocycles. The first-order valence-corrected chi connectivity index (χ1v) is 4.25. The molecule has 1 amide bonds. The molecule has 3 heteroatoms. The molecule has 0 radical (unpaired) electrons. The quantitative estimate of drug-likeness (QED) is 0.567. The minimum absolute atomic E-state index is 0.00347. The molecule has 12 heavy (non-hydrogen) atoms. The highest BCUT2D eigenvalue weighted by molar-refractivity contribution is 5.98. The summed E-state index contributed by atoms with van der Waals surface area (Å²) in [6, 6.07) is 0.314. The molecule has 3 nitrogen and oxygen atoms in total. The minimum atomic E-state index is -0.00347. The van der Waals surface area contributed by atoms with Crippen LogP contribution < -0.4 is 5.32 Å². The standard InChI is InChI=1S/C9H12N2O/c1-5-3-8-7(4-10-5)6(2)9(12)11-8/h4-6H,3H2,1-2H3,(H,11,12). The molecule has 0 fully saturated rings. The number of amides is 1. The van der Waals surface area contributed by atoms with Crippen molar-refractivity contribution in [2.45, 2.75) is 26.3 Å². The SMILES string of the molecule is CC1CC2=C(C=N1)C(C)C(=O)N2. The summed E-state index contributed by atoms with van der Waals surface area (Å²) in [5.74, 6) is 0.108. The van der Waals surface area contributed by atoms with E-state index in [1.807, 2.05) is 13.1 Å². The van der Waals surface area contributed by atoms with Gasteiger partial charge >= 0.3 is 0 Å². The number of nitrogens with zero attached hydrogens (tertiary/aromatic N) is 1. The van der Waals surface area contributed by atoms with Gasteiger partial charge in [-0.25, -0.2) is 0 Å². The van der Waals surface area contributed by atoms with Crippen LogP contribution in [0.25, 0.3) is 0 Å². The van der Waals surface area contributed by atoms with Crippen LogP contribution in [-0.4, -0.2) is 18.2 Å². The summed E-state index contributed by atoms with van der Waals surface area (Å²) in [4.78, 5) is 15.5. The Morgan fingerprint density at radius 2 is 2.33 bits per heavy atom. The highest BCUT2D eigenvalue weighted by Crippen LogP contribution is 2.26. The zero-order valence-corrected chi connectivity index (χ0v) is 7.29. The molecule has 0 aliphatic carbocycles. The molecule has 0 saturated heterocycles. The molecule has 2 aliphatic heterocycles. The van der Waals surface area contributed by atoms with Crippen LogP contribution in [0.3, 0.4) is 0 Å². The first kappa shape index (κ1) is 7.53. The van der Waals surface area contributed by atoms with Crippen molar-refractivity contribution in [2.75, 3.05) is 0 Å². The van der Waals surface area contributed by atoms with Gasteiger partial charge < -0.3 is 5.32 Å². The smallest absolute Gasteiger partial charge is 0.231 e. The van der Waals surface area contributed by atoms with E-state index in [1.54, 1.807) is 0 Å². The molecular formula is C9H12N2O. The fourth-order valence-corrected chi connectivity index (χ4v) is 1.65. The van der Waals surface area contributed by atoms with Crippen LogP contribution >= 0.6 is 0 Å². The average molecular weight is 164 g/mol. The summed E-state index contributed by atoms with van der Waals surface area (Å²) in [5.41, 5.74) is 2.16. The van der Waals surface area contributed by atoms with E-state index in [0.29, 0.717) is 6.04 Å². The second-order valence-corrected chi connectivity index (χ2v) is 3.48. The lowest BCUT2D eigenvalue weighted by molar-refractivity contribution is -0.121. The first-order valence-electron chi connectivity index (χ1n) is 4.25. The Kier molecular flexibility index (Phi) is 1.53. The number of hydrogen-bond donors (Lipinski definition) is 1. The van der Waals surface area contributed by atoms with E-state index in [-0.39, 0.29) is 11.8 Å². The van der Waals surface area contributed by atoms with Crippen LogP contribution in [0.1, 0.15) is 20.3 Å². The van der Waals surface area contributed by atoms with E-state index >= 15 is 0 Å². The van der Waals surface area contributed by atoms with Gasteiger partial charge in [-0.05, 0) is 13.8 Å². The van der Waals surface area contributed by atoms with Gasteiger partial charge in [0.2, 0.25) is 5.91 Å². The monoisotopic (exact) mass is 164 g/mol. The Labute approximate surface area is 71.6 Å². The van der Waals surface area contributed by atoms with Gasteiger partial charge in [-0.3, -0.25) is 9.79 Å². The molecule has 2 atom stereocenters. The molecule has 0 spiro atoms. The maximum Gasteiger partial charge on any atom is 0.231 e. The van der Waals surface area contributed by atoms with Crippen molar-refractivity contribution in [1.29, 1.82) is 0 Å². The van der Waals surface area contributed by atoms with E-state index in [0.717, 1.165) is 17.7 Å². The lowest BCUT2D eigenvalue weighted by Crippen LogP contribution is -2.20. The van der Waals surface area contributed by atoms with E-state index in [2.05, 4.69) is 17.2 Å². The molecule has 0 saturated carbocycles. The Balaban J connectivity index is 2.31. The van der Waals surface area contributed by atoms with E-state index in [1.165, 1.54) is 0 Å². The first-order chi connectivity index (χ1) is 5.68. The predicted molar refractivity (Wildman–Crippen MR) is 46.9 cm³/mol. The molecule has 2 aliphatic rings. The van der Waals surface area contributed by atoms with Crippen LogP contribution in [-0.2, 0) is 4.79 Å². The predicted octanol–water partition coefficient (Wildman–Crippen LogP) is 0.869. The maximum atomic E-state index is 11.2. The van der Waals surface area contributed by atoms with Crippen LogP contribution in [0.4, 0.5) is 0 Å². The summed E-state index contributed by atoms with van der Waals surface area (Å²) in [6.07, 6.45) is 2.72. The molecule has 2 rings (SSSR count). The number of nitrogens with one attached hydrogen (secondary N) is 1. The Bertz CT molecular complexity index is 291. The molecule has 1 N–H and O–H groups in total. The number of carbonyl (C=O) groups is 1. The van der Waals surface area contributed by atoms with Gasteiger partial charge in [0.1, 0.15) is 0 Å². The number of rotatable bonds is 0. The zero-order valence-electron chi connectivity index (χ0n) is 7.29. The highest BCUT2D eigenvalue weighted by atomic mass is 16.2. The number of carbonyl (C=O) groups excluding carboxylic acids is 1. The van der Waals surface area contributed by atoms with Gasteiger partial charge in [-0.1, -0.05) is 0 Å². The fraction of sp³-hybridized carbons (Fsp3) is 0.556. The van der Waals surface area contributed by atoms with Gasteiger partial charge in [0.05, 0.1) is 12.0 Å². The second-order valence-electron chi connectivity index (χ2n) is 3.48. The van der Waals surface area contributed by atoms with Crippen molar-refractivity contribution >= 4 is 12.1 Å². The third kappa shape index (κ3) is 0.967. The summed E-state index contributed by atoms with van der Waals surface area (Å²) >= 11 is 0. The zero-order chi connectivity index (χ0) is 8.72. The normalized spacial score (nSPS) is 33.7. The van der Waals surface area contributed by atoms with Crippen LogP contribution in [0.15, 0.2) is 16.3 Å². The number of dihydropyridines is 1. The van der Waals surface area contributed by atoms with Crippen molar-refractivity contribution in [2.24, 2.45) is 10.9 Å². The number of hydrogen-bond acceptors (Lipinski definition) is 2. The Hall–Kier alpha value is -1.12. The highest BCUT2D eigenvalue weighted by Gasteiger charge is 2.30. The molecular weight excluding hydrogens is 152 g/mol. The number of aliphatic imine (C=N–C) groups is 1. The van der Waals surface area contributed by atoms with Crippen molar-refractivity contribution in [3.63, 3.8) is 0 Å². The fourth-order valence-electron chi connectivity index (χ4n) is 1.65. The van der Waals surface area contributed by atoms with Gasteiger partial charge in [-0.15, -0.1) is 0 Å². The molecule has 2 heterocycles. The van der Waals surface area contributed by atoms with Gasteiger partial charge in [0, 0.05) is 23.9 Å². The van der Waals surface area contributed by atoms with Crippen molar-refractivity contribution in [1.82, 2.24) is 5.32 Å². The van der Waals surface area contributed by atoms with Gasteiger partial charge in [0.25, 0.3) is 0 Å².